The van der Waals surface area contributed by atoms with Crippen molar-refractivity contribution < 1.29 is 9.59 Å². The summed E-state index contributed by atoms with van der Waals surface area (Å²) in [6.45, 7) is 4.91. The average Bonchev–Trinajstić information content (AvgIpc) is 2.76. The van der Waals surface area contributed by atoms with Gasteiger partial charge in [-0.1, -0.05) is 25.4 Å². The van der Waals surface area contributed by atoms with Crippen molar-refractivity contribution in [2.24, 2.45) is 11.8 Å². The SMILES string of the molecule is CC(C)C1CC(=O)N(CC(=O)Nc2ccc(Cl)c(N)c2)C1. The maximum absolute atomic E-state index is 12.0. The minimum absolute atomic E-state index is 0.0412. The second-order valence-electron chi connectivity index (χ2n) is 5.77. The topological polar surface area (TPSA) is 75.4 Å². The van der Waals surface area contributed by atoms with Gasteiger partial charge in [-0.2, -0.15) is 0 Å². The van der Waals surface area contributed by atoms with E-state index in [1.807, 2.05) is 0 Å². The molecule has 6 heteroatoms. The van der Waals surface area contributed by atoms with Crippen molar-refractivity contribution in [2.75, 3.05) is 24.1 Å². The molecule has 2 amide bonds. The molecule has 1 heterocycles. The Hall–Kier alpha value is -1.75. The largest absolute Gasteiger partial charge is 0.397 e. The van der Waals surface area contributed by atoms with Gasteiger partial charge in [0.05, 0.1) is 17.3 Å². The number of carbonyl (C=O) groups is 2. The number of halogens is 1. The summed E-state index contributed by atoms with van der Waals surface area (Å²) in [6.07, 6.45) is 0.527. The molecule has 0 radical (unpaired) electrons. The van der Waals surface area contributed by atoms with Gasteiger partial charge in [0.25, 0.3) is 0 Å². The Bertz CT molecular complexity index is 560. The summed E-state index contributed by atoms with van der Waals surface area (Å²) in [5, 5.41) is 3.18. The molecule has 2 rings (SSSR count). The highest BCUT2D eigenvalue weighted by Crippen LogP contribution is 2.25. The predicted molar refractivity (Wildman–Crippen MR) is 84.0 cm³/mol. The van der Waals surface area contributed by atoms with Gasteiger partial charge in [-0.25, -0.2) is 0 Å². The molecule has 21 heavy (non-hydrogen) atoms. The molecular formula is C15H20ClN3O2. The number of nitrogens with zero attached hydrogens (tertiary/aromatic N) is 1. The number of carbonyl (C=O) groups excluding carboxylic acids is 2. The highest BCUT2D eigenvalue weighted by molar-refractivity contribution is 6.33. The smallest absolute Gasteiger partial charge is 0.243 e. The van der Waals surface area contributed by atoms with Gasteiger partial charge in [0.1, 0.15) is 0 Å². The molecule has 1 aromatic rings. The van der Waals surface area contributed by atoms with Crippen molar-refractivity contribution in [1.82, 2.24) is 4.90 Å². The van der Waals surface area contributed by atoms with E-state index in [9.17, 15) is 9.59 Å². The Morgan fingerprint density at radius 2 is 2.24 bits per heavy atom. The Kier molecular flexibility index (Phi) is 4.73. The average molecular weight is 310 g/mol. The number of rotatable bonds is 4. The maximum Gasteiger partial charge on any atom is 0.243 e. The van der Waals surface area contributed by atoms with Crippen molar-refractivity contribution >= 4 is 34.8 Å². The third kappa shape index (κ3) is 3.88. The van der Waals surface area contributed by atoms with Gasteiger partial charge in [-0.15, -0.1) is 0 Å². The van der Waals surface area contributed by atoms with Crippen molar-refractivity contribution in [2.45, 2.75) is 20.3 Å². The van der Waals surface area contributed by atoms with Crippen LogP contribution in [0.4, 0.5) is 11.4 Å². The van der Waals surface area contributed by atoms with Gasteiger partial charge in [-0.3, -0.25) is 9.59 Å². The van der Waals surface area contributed by atoms with Crippen molar-refractivity contribution in [3.8, 4) is 0 Å². The molecule has 0 bridgehead atoms. The molecule has 1 unspecified atom stereocenters. The zero-order chi connectivity index (χ0) is 15.6. The third-order valence-electron chi connectivity index (χ3n) is 3.80. The molecule has 5 nitrogen and oxygen atoms in total. The fourth-order valence-corrected chi connectivity index (χ4v) is 2.52. The second kappa shape index (κ2) is 6.35. The van der Waals surface area contributed by atoms with Gasteiger partial charge in [0.15, 0.2) is 0 Å². The third-order valence-corrected chi connectivity index (χ3v) is 4.15. The van der Waals surface area contributed by atoms with E-state index in [1.54, 1.807) is 23.1 Å². The van der Waals surface area contributed by atoms with Crippen LogP contribution in [-0.4, -0.2) is 29.8 Å². The lowest BCUT2D eigenvalue weighted by Gasteiger charge is -2.17. The predicted octanol–water partition coefficient (Wildman–Crippen LogP) is 2.37. The normalized spacial score (nSPS) is 18.4. The number of hydrogen-bond donors (Lipinski definition) is 2. The molecule has 1 atom stereocenters. The molecule has 1 aliphatic rings. The molecule has 1 aliphatic heterocycles. The highest BCUT2D eigenvalue weighted by atomic mass is 35.5. The lowest BCUT2D eigenvalue weighted by atomic mass is 9.95. The zero-order valence-electron chi connectivity index (χ0n) is 12.2. The van der Waals surface area contributed by atoms with E-state index in [0.29, 0.717) is 41.2 Å². The Morgan fingerprint density at radius 3 is 2.81 bits per heavy atom. The van der Waals surface area contributed by atoms with Crippen LogP contribution in [-0.2, 0) is 9.59 Å². The standard InChI is InChI=1S/C15H20ClN3O2/c1-9(2)10-5-15(21)19(7-10)8-14(20)18-11-3-4-12(16)13(17)6-11/h3-4,6,9-10H,5,7-8,17H2,1-2H3,(H,18,20). The van der Waals surface area contributed by atoms with Crippen LogP contribution in [0.15, 0.2) is 18.2 Å². The molecule has 1 aromatic carbocycles. The lowest BCUT2D eigenvalue weighted by molar-refractivity contribution is -0.131. The number of anilines is 2. The number of nitrogens with two attached hydrogens (primary N) is 1. The first-order chi connectivity index (χ1) is 9.86. The Morgan fingerprint density at radius 1 is 1.52 bits per heavy atom. The van der Waals surface area contributed by atoms with Crippen LogP contribution >= 0.6 is 11.6 Å². The maximum atomic E-state index is 12.0. The molecule has 3 N–H and O–H groups in total. The monoisotopic (exact) mass is 309 g/mol. The quantitative estimate of drug-likeness (QED) is 0.838. The number of likely N-dealkylation sites (tertiary alicyclic amines) is 1. The second-order valence-corrected chi connectivity index (χ2v) is 6.17. The molecule has 0 spiro atoms. The van der Waals surface area contributed by atoms with Crippen molar-refractivity contribution in [3.63, 3.8) is 0 Å². The molecule has 1 fully saturated rings. The van der Waals surface area contributed by atoms with E-state index in [0.717, 1.165) is 0 Å². The van der Waals surface area contributed by atoms with Crippen LogP contribution in [0.3, 0.4) is 0 Å². The van der Waals surface area contributed by atoms with E-state index in [2.05, 4.69) is 19.2 Å². The lowest BCUT2D eigenvalue weighted by Crippen LogP contribution is -2.34. The highest BCUT2D eigenvalue weighted by Gasteiger charge is 2.32. The van der Waals surface area contributed by atoms with Crippen LogP contribution in [0.2, 0.25) is 5.02 Å². The van der Waals surface area contributed by atoms with Crippen LogP contribution in [0.1, 0.15) is 20.3 Å². The van der Waals surface area contributed by atoms with E-state index in [-0.39, 0.29) is 18.4 Å². The fourth-order valence-electron chi connectivity index (χ4n) is 2.40. The Balaban J connectivity index is 1.93. The molecule has 0 saturated carbocycles. The summed E-state index contributed by atoms with van der Waals surface area (Å²) in [7, 11) is 0. The van der Waals surface area contributed by atoms with E-state index in [1.165, 1.54) is 0 Å². The number of benzene rings is 1. The molecule has 0 aromatic heterocycles. The number of amides is 2. The van der Waals surface area contributed by atoms with Crippen LogP contribution < -0.4 is 11.1 Å². The number of nitrogen functional groups attached to an aromatic ring is 1. The van der Waals surface area contributed by atoms with E-state index < -0.39 is 0 Å². The summed E-state index contributed by atoms with van der Waals surface area (Å²) in [6, 6.07) is 4.91. The summed E-state index contributed by atoms with van der Waals surface area (Å²) in [4.78, 5) is 25.5. The summed E-state index contributed by atoms with van der Waals surface area (Å²) in [5.74, 6) is 0.587. The van der Waals surface area contributed by atoms with Crippen molar-refractivity contribution in [1.29, 1.82) is 0 Å². The van der Waals surface area contributed by atoms with Gasteiger partial charge in [-0.05, 0) is 30.0 Å². The van der Waals surface area contributed by atoms with Crippen LogP contribution in [0.5, 0.6) is 0 Å². The van der Waals surface area contributed by atoms with Gasteiger partial charge in [0.2, 0.25) is 11.8 Å². The number of hydrogen-bond acceptors (Lipinski definition) is 3. The van der Waals surface area contributed by atoms with Crippen molar-refractivity contribution in [3.05, 3.63) is 23.2 Å². The molecule has 1 saturated heterocycles. The van der Waals surface area contributed by atoms with Crippen LogP contribution in [0, 0.1) is 11.8 Å². The van der Waals surface area contributed by atoms with Gasteiger partial charge in [0, 0.05) is 18.7 Å². The van der Waals surface area contributed by atoms with Gasteiger partial charge < -0.3 is 16.0 Å². The summed E-state index contributed by atoms with van der Waals surface area (Å²) < 4.78 is 0. The zero-order valence-corrected chi connectivity index (χ0v) is 13.0. The molecule has 114 valence electrons. The first-order valence-electron chi connectivity index (χ1n) is 6.99. The van der Waals surface area contributed by atoms with E-state index in [4.69, 9.17) is 17.3 Å². The Labute approximate surface area is 129 Å². The minimum atomic E-state index is -0.227. The van der Waals surface area contributed by atoms with E-state index >= 15 is 0 Å². The summed E-state index contributed by atoms with van der Waals surface area (Å²) in [5.41, 5.74) is 6.67. The minimum Gasteiger partial charge on any atom is -0.397 e. The van der Waals surface area contributed by atoms with Gasteiger partial charge >= 0.3 is 0 Å². The summed E-state index contributed by atoms with van der Waals surface area (Å²) >= 11 is 5.83. The first-order valence-corrected chi connectivity index (χ1v) is 7.37. The first kappa shape index (κ1) is 15.6. The molecule has 0 aliphatic carbocycles. The fraction of sp³-hybridized carbons (Fsp3) is 0.467. The van der Waals surface area contributed by atoms with Crippen LogP contribution in [0.25, 0.3) is 0 Å². The number of nitrogens with one attached hydrogen (secondary N) is 1. The molecular weight excluding hydrogens is 290 g/mol.